The summed E-state index contributed by atoms with van der Waals surface area (Å²) in [7, 11) is -2.84. The van der Waals surface area contributed by atoms with Gasteiger partial charge in [0.05, 0.1) is 25.8 Å². The van der Waals surface area contributed by atoms with Gasteiger partial charge in [-0.3, -0.25) is 13.9 Å². The highest BCUT2D eigenvalue weighted by Crippen LogP contribution is 2.32. The van der Waals surface area contributed by atoms with Gasteiger partial charge in [0.2, 0.25) is 5.91 Å². The van der Waals surface area contributed by atoms with E-state index in [1.165, 1.54) is 19.2 Å². The normalized spacial score (nSPS) is 11.1. The van der Waals surface area contributed by atoms with Crippen molar-refractivity contribution in [1.82, 2.24) is 0 Å². The fourth-order valence-electron chi connectivity index (χ4n) is 3.57. The molecule has 3 aromatic rings. The van der Waals surface area contributed by atoms with Crippen molar-refractivity contribution < 1.29 is 27.5 Å². The Bertz CT molecular complexity index is 1390. The molecule has 0 atom stereocenters. The van der Waals surface area contributed by atoms with Crippen LogP contribution in [0.1, 0.15) is 23.6 Å². The van der Waals surface area contributed by atoms with Crippen molar-refractivity contribution in [2.24, 2.45) is 0 Å². The molecule has 0 aliphatic heterocycles. The number of nitrogens with one attached hydrogen (secondary N) is 1. The molecule has 0 heterocycles. The van der Waals surface area contributed by atoms with E-state index in [9.17, 15) is 18.0 Å². The highest BCUT2D eigenvalue weighted by molar-refractivity contribution is 7.93. The van der Waals surface area contributed by atoms with Gasteiger partial charge in [0.25, 0.3) is 10.0 Å². The number of esters is 1. The average Bonchev–Trinajstić information content (AvgIpc) is 2.85. The first-order valence-electron chi connectivity index (χ1n) is 11.5. The summed E-state index contributed by atoms with van der Waals surface area (Å²) < 4.78 is 38.9. The maximum atomic E-state index is 13.8. The second kappa shape index (κ2) is 12.1. The van der Waals surface area contributed by atoms with Gasteiger partial charge in [0.15, 0.2) is 0 Å². The molecule has 37 heavy (non-hydrogen) atoms. The number of sulfonamides is 1. The van der Waals surface area contributed by atoms with Crippen LogP contribution in [0.15, 0.2) is 65.6 Å². The first-order valence-corrected chi connectivity index (χ1v) is 13.3. The van der Waals surface area contributed by atoms with Crippen LogP contribution in [0.2, 0.25) is 5.02 Å². The molecule has 8 nitrogen and oxygen atoms in total. The van der Waals surface area contributed by atoms with Gasteiger partial charge < -0.3 is 14.8 Å². The molecule has 1 amide bonds. The number of methoxy groups -OCH3 is 1. The first kappa shape index (κ1) is 28.0. The van der Waals surface area contributed by atoms with Crippen LogP contribution in [-0.2, 0) is 30.8 Å². The minimum absolute atomic E-state index is 0.0668. The van der Waals surface area contributed by atoms with Gasteiger partial charge in [-0.15, -0.1) is 0 Å². The lowest BCUT2D eigenvalue weighted by atomic mass is 10.1. The molecular formula is C27H29ClN2O6S. The molecule has 0 aliphatic rings. The number of rotatable bonds is 10. The topological polar surface area (TPSA) is 102 Å². The van der Waals surface area contributed by atoms with Gasteiger partial charge in [-0.1, -0.05) is 35.9 Å². The largest absolute Gasteiger partial charge is 0.495 e. The summed E-state index contributed by atoms with van der Waals surface area (Å²) in [4.78, 5) is 24.7. The summed E-state index contributed by atoms with van der Waals surface area (Å²) >= 11 is 6.29. The molecule has 0 radical (unpaired) electrons. The van der Waals surface area contributed by atoms with E-state index in [1.807, 2.05) is 0 Å². The molecule has 0 saturated heterocycles. The number of carbonyl (C=O) groups is 2. The van der Waals surface area contributed by atoms with Crippen LogP contribution < -0.4 is 14.4 Å². The number of nitrogens with zero attached hydrogens (tertiary/aromatic N) is 1. The number of amides is 1. The van der Waals surface area contributed by atoms with Gasteiger partial charge in [0, 0.05) is 10.7 Å². The van der Waals surface area contributed by atoms with Gasteiger partial charge in [-0.05, 0) is 73.9 Å². The SMILES string of the molecule is CCOC(=O)Cc1ccc(NC(=O)CN(c2ccc(C)c(Cl)c2)S(=O)(=O)c2cc(C)ccc2OC)cc1. The van der Waals surface area contributed by atoms with Crippen LogP contribution in [0.5, 0.6) is 5.75 Å². The molecule has 1 N–H and O–H groups in total. The molecule has 3 aromatic carbocycles. The second-order valence-electron chi connectivity index (χ2n) is 8.33. The number of anilines is 2. The van der Waals surface area contributed by atoms with Crippen LogP contribution >= 0.6 is 11.6 Å². The number of aryl methyl sites for hydroxylation is 2. The van der Waals surface area contributed by atoms with E-state index >= 15 is 0 Å². The maximum absolute atomic E-state index is 13.8. The summed E-state index contributed by atoms with van der Waals surface area (Å²) in [5, 5.41) is 3.08. The van der Waals surface area contributed by atoms with E-state index in [2.05, 4.69) is 5.32 Å². The first-order chi connectivity index (χ1) is 17.5. The highest BCUT2D eigenvalue weighted by atomic mass is 35.5. The zero-order chi connectivity index (χ0) is 27.2. The summed E-state index contributed by atoms with van der Waals surface area (Å²) in [6, 6.07) is 16.3. The number of ether oxygens (including phenoxy) is 2. The number of benzene rings is 3. The molecular weight excluding hydrogens is 516 g/mol. The lowest BCUT2D eigenvalue weighted by molar-refractivity contribution is -0.142. The van der Waals surface area contributed by atoms with Crippen LogP contribution in [0, 0.1) is 13.8 Å². The van der Waals surface area contributed by atoms with E-state index in [4.69, 9.17) is 21.1 Å². The molecule has 0 saturated carbocycles. The Labute approximate surface area is 222 Å². The second-order valence-corrected chi connectivity index (χ2v) is 10.6. The molecule has 196 valence electrons. The Morgan fingerprint density at radius 1 is 1.00 bits per heavy atom. The molecule has 0 fully saturated rings. The van der Waals surface area contributed by atoms with Crippen molar-refractivity contribution >= 4 is 44.9 Å². The Morgan fingerprint density at radius 2 is 1.70 bits per heavy atom. The van der Waals surface area contributed by atoms with Gasteiger partial charge in [0.1, 0.15) is 17.2 Å². The standard InChI is InChI=1S/C27H29ClN2O6S/c1-5-36-27(32)15-20-8-10-21(11-9-20)29-26(31)17-30(22-12-7-19(3)23(28)16-22)37(33,34)25-14-18(2)6-13-24(25)35-4/h6-14,16H,5,15,17H2,1-4H3,(H,29,31). The number of hydrogen-bond donors (Lipinski definition) is 1. The van der Waals surface area contributed by atoms with Crippen LogP contribution in [0.4, 0.5) is 11.4 Å². The third kappa shape index (κ3) is 7.02. The van der Waals surface area contributed by atoms with Crippen molar-refractivity contribution in [1.29, 1.82) is 0 Å². The maximum Gasteiger partial charge on any atom is 0.310 e. The molecule has 0 unspecified atom stereocenters. The predicted molar refractivity (Wildman–Crippen MR) is 144 cm³/mol. The van der Waals surface area contributed by atoms with Crippen molar-refractivity contribution in [3.8, 4) is 5.75 Å². The summed E-state index contributed by atoms with van der Waals surface area (Å²) in [5.41, 5.74) is 2.89. The zero-order valence-corrected chi connectivity index (χ0v) is 22.7. The van der Waals surface area contributed by atoms with E-state index in [1.54, 1.807) is 69.3 Å². The van der Waals surface area contributed by atoms with Crippen molar-refractivity contribution in [2.75, 3.05) is 29.9 Å². The fraction of sp³-hybridized carbons (Fsp3) is 0.259. The molecule has 0 aliphatic carbocycles. The summed E-state index contributed by atoms with van der Waals surface area (Å²) in [6.07, 6.45) is 0.112. The monoisotopic (exact) mass is 544 g/mol. The Hall–Kier alpha value is -3.56. The summed E-state index contributed by atoms with van der Waals surface area (Å²) in [5.74, 6) is -0.750. The molecule has 3 rings (SSSR count). The predicted octanol–water partition coefficient (Wildman–Crippen LogP) is 4.91. The Morgan fingerprint density at radius 3 is 2.32 bits per heavy atom. The van der Waals surface area contributed by atoms with Crippen LogP contribution in [0.3, 0.4) is 0 Å². The average molecular weight is 545 g/mol. The summed E-state index contributed by atoms with van der Waals surface area (Å²) in [6.45, 7) is 5.09. The Balaban J connectivity index is 1.90. The molecule has 0 aromatic heterocycles. The molecule has 0 spiro atoms. The minimum Gasteiger partial charge on any atom is -0.495 e. The van der Waals surface area contributed by atoms with Crippen molar-refractivity contribution in [2.45, 2.75) is 32.1 Å². The molecule has 10 heteroatoms. The van der Waals surface area contributed by atoms with E-state index in [0.29, 0.717) is 22.9 Å². The number of hydrogen-bond acceptors (Lipinski definition) is 6. The number of halogens is 1. The lowest BCUT2D eigenvalue weighted by Crippen LogP contribution is -2.38. The van der Waals surface area contributed by atoms with Crippen LogP contribution in [0.25, 0.3) is 0 Å². The lowest BCUT2D eigenvalue weighted by Gasteiger charge is -2.25. The highest BCUT2D eigenvalue weighted by Gasteiger charge is 2.30. The van der Waals surface area contributed by atoms with Gasteiger partial charge in [-0.25, -0.2) is 8.42 Å². The van der Waals surface area contributed by atoms with Crippen molar-refractivity contribution in [3.63, 3.8) is 0 Å². The Kier molecular flexibility index (Phi) is 9.18. The van der Waals surface area contributed by atoms with E-state index < -0.39 is 22.5 Å². The fourth-order valence-corrected chi connectivity index (χ4v) is 5.40. The van der Waals surface area contributed by atoms with Crippen molar-refractivity contribution in [3.05, 3.63) is 82.4 Å². The van der Waals surface area contributed by atoms with E-state index in [-0.39, 0.29) is 28.7 Å². The smallest absolute Gasteiger partial charge is 0.310 e. The number of carbonyl (C=O) groups excluding carboxylic acids is 2. The quantitative estimate of drug-likeness (QED) is 0.364. The zero-order valence-electron chi connectivity index (χ0n) is 21.1. The third-order valence-corrected chi connectivity index (χ3v) is 7.71. The van der Waals surface area contributed by atoms with E-state index in [0.717, 1.165) is 15.4 Å². The van der Waals surface area contributed by atoms with Gasteiger partial charge >= 0.3 is 5.97 Å². The minimum atomic E-state index is -4.22. The van der Waals surface area contributed by atoms with Crippen LogP contribution in [-0.4, -0.2) is 40.6 Å². The van der Waals surface area contributed by atoms with Gasteiger partial charge in [-0.2, -0.15) is 0 Å². The molecule has 0 bridgehead atoms. The third-order valence-electron chi connectivity index (χ3n) is 5.51.